The molecular weight excluding hydrogens is 426 g/mol. The second-order valence-corrected chi connectivity index (χ2v) is 9.40. The SMILES string of the molecule is COc1cc(C)c(S(=O)(=O)Nc2cccc(CCc3ccc(C(=O)O)cc3)c2)c(C)c1C. The molecule has 0 aromatic heterocycles. The Bertz CT molecular complexity index is 1250. The second-order valence-electron chi connectivity index (χ2n) is 7.78. The Kier molecular flexibility index (Phi) is 6.89. The average Bonchev–Trinajstić information content (AvgIpc) is 2.75. The first-order valence-electron chi connectivity index (χ1n) is 10.2. The van der Waals surface area contributed by atoms with Crippen LogP contribution in [-0.2, 0) is 22.9 Å². The van der Waals surface area contributed by atoms with Gasteiger partial charge in [0.05, 0.1) is 17.6 Å². The molecular formula is C25H27NO5S. The summed E-state index contributed by atoms with van der Waals surface area (Å²) in [4.78, 5) is 11.2. The number of hydrogen-bond donors (Lipinski definition) is 2. The highest BCUT2D eigenvalue weighted by molar-refractivity contribution is 7.92. The minimum Gasteiger partial charge on any atom is -0.496 e. The molecule has 6 nitrogen and oxygen atoms in total. The highest BCUT2D eigenvalue weighted by Crippen LogP contribution is 2.31. The van der Waals surface area contributed by atoms with Gasteiger partial charge in [-0.05, 0) is 91.8 Å². The topological polar surface area (TPSA) is 92.7 Å². The summed E-state index contributed by atoms with van der Waals surface area (Å²) in [6.45, 7) is 5.39. The number of methoxy groups -OCH3 is 1. The van der Waals surface area contributed by atoms with E-state index in [2.05, 4.69) is 4.72 Å². The number of rotatable bonds is 8. The van der Waals surface area contributed by atoms with E-state index in [1.165, 1.54) is 0 Å². The molecule has 0 fully saturated rings. The van der Waals surface area contributed by atoms with Crippen molar-refractivity contribution in [2.45, 2.75) is 38.5 Å². The molecule has 168 valence electrons. The Morgan fingerprint density at radius 3 is 2.22 bits per heavy atom. The molecule has 3 rings (SSSR count). The van der Waals surface area contributed by atoms with Gasteiger partial charge >= 0.3 is 5.97 Å². The summed E-state index contributed by atoms with van der Waals surface area (Å²) in [5.74, 6) is -0.286. The number of carboxylic acid groups (broad SMARTS) is 1. The van der Waals surface area contributed by atoms with Crippen molar-refractivity contribution in [3.8, 4) is 5.75 Å². The molecule has 0 atom stereocenters. The van der Waals surface area contributed by atoms with Crippen LogP contribution in [0.25, 0.3) is 0 Å². The van der Waals surface area contributed by atoms with E-state index in [1.54, 1.807) is 57.4 Å². The zero-order chi connectivity index (χ0) is 23.5. The van der Waals surface area contributed by atoms with Crippen molar-refractivity contribution in [3.63, 3.8) is 0 Å². The summed E-state index contributed by atoms with van der Waals surface area (Å²) >= 11 is 0. The molecule has 0 saturated heterocycles. The molecule has 32 heavy (non-hydrogen) atoms. The van der Waals surface area contributed by atoms with Crippen LogP contribution >= 0.6 is 0 Å². The van der Waals surface area contributed by atoms with Gasteiger partial charge in [-0.15, -0.1) is 0 Å². The lowest BCUT2D eigenvalue weighted by Crippen LogP contribution is -2.16. The summed E-state index contributed by atoms with van der Waals surface area (Å²) in [5.41, 5.74) is 4.82. The Labute approximate surface area is 188 Å². The number of nitrogens with one attached hydrogen (secondary N) is 1. The van der Waals surface area contributed by atoms with Crippen molar-refractivity contribution in [1.29, 1.82) is 0 Å². The molecule has 0 saturated carbocycles. The Morgan fingerprint density at radius 2 is 1.59 bits per heavy atom. The van der Waals surface area contributed by atoms with Gasteiger partial charge in [0, 0.05) is 5.69 Å². The summed E-state index contributed by atoms with van der Waals surface area (Å²) < 4.78 is 34.4. The molecule has 0 bridgehead atoms. The number of anilines is 1. The standard InChI is InChI=1S/C25H27NO5S/c1-16-14-23(31-4)17(2)18(3)24(16)32(29,30)26-22-7-5-6-20(15-22)9-8-19-10-12-21(13-11-19)25(27)28/h5-7,10-15,26H,8-9H2,1-4H3,(H,27,28). The minimum absolute atomic E-state index is 0.254. The zero-order valence-corrected chi connectivity index (χ0v) is 19.4. The van der Waals surface area contributed by atoms with Crippen molar-refractivity contribution < 1.29 is 23.1 Å². The van der Waals surface area contributed by atoms with Crippen LogP contribution in [0.2, 0.25) is 0 Å². The third-order valence-electron chi connectivity index (χ3n) is 5.55. The maximum atomic E-state index is 13.2. The summed E-state index contributed by atoms with van der Waals surface area (Å²) in [6, 6.07) is 15.8. The van der Waals surface area contributed by atoms with Crippen LogP contribution in [0, 0.1) is 20.8 Å². The molecule has 7 heteroatoms. The van der Waals surface area contributed by atoms with E-state index in [0.717, 1.165) is 16.7 Å². The third kappa shape index (κ3) is 5.11. The summed E-state index contributed by atoms with van der Waals surface area (Å²) in [5, 5.41) is 9.00. The van der Waals surface area contributed by atoms with E-state index in [9.17, 15) is 13.2 Å². The number of ether oxygens (including phenoxy) is 1. The van der Waals surface area contributed by atoms with E-state index in [4.69, 9.17) is 9.84 Å². The number of aryl methyl sites for hydroxylation is 3. The van der Waals surface area contributed by atoms with Crippen LogP contribution in [0.15, 0.2) is 59.5 Å². The normalized spacial score (nSPS) is 11.2. The lowest BCUT2D eigenvalue weighted by atomic mass is 10.0. The lowest BCUT2D eigenvalue weighted by Gasteiger charge is -2.17. The molecule has 2 N–H and O–H groups in total. The van der Waals surface area contributed by atoms with E-state index in [-0.39, 0.29) is 10.5 Å². The van der Waals surface area contributed by atoms with Crippen LogP contribution in [0.5, 0.6) is 5.75 Å². The second kappa shape index (κ2) is 9.44. The van der Waals surface area contributed by atoms with Crippen molar-refractivity contribution in [2.24, 2.45) is 0 Å². The van der Waals surface area contributed by atoms with Gasteiger partial charge < -0.3 is 9.84 Å². The van der Waals surface area contributed by atoms with Crippen LogP contribution in [0.4, 0.5) is 5.69 Å². The number of hydrogen-bond acceptors (Lipinski definition) is 4. The van der Waals surface area contributed by atoms with Crippen LogP contribution in [-0.4, -0.2) is 26.6 Å². The number of carbonyl (C=O) groups is 1. The van der Waals surface area contributed by atoms with Crippen LogP contribution in [0.1, 0.15) is 38.2 Å². The van der Waals surface area contributed by atoms with Gasteiger partial charge in [-0.2, -0.15) is 0 Å². The van der Waals surface area contributed by atoms with E-state index in [0.29, 0.717) is 35.4 Å². The van der Waals surface area contributed by atoms with Crippen molar-refractivity contribution >= 4 is 21.7 Å². The predicted octanol–water partition coefficient (Wildman–Crippen LogP) is 4.90. The van der Waals surface area contributed by atoms with Crippen LogP contribution in [0.3, 0.4) is 0 Å². The Morgan fingerprint density at radius 1 is 0.938 bits per heavy atom. The quantitative estimate of drug-likeness (QED) is 0.506. The molecule has 0 aliphatic carbocycles. The highest BCUT2D eigenvalue weighted by atomic mass is 32.2. The minimum atomic E-state index is -3.78. The fourth-order valence-electron chi connectivity index (χ4n) is 3.75. The van der Waals surface area contributed by atoms with Gasteiger partial charge in [0.1, 0.15) is 5.75 Å². The fraction of sp³-hybridized carbons (Fsp3) is 0.240. The molecule has 0 unspecified atom stereocenters. The molecule has 3 aromatic carbocycles. The largest absolute Gasteiger partial charge is 0.496 e. The first-order chi connectivity index (χ1) is 15.1. The number of sulfonamides is 1. The molecule has 0 radical (unpaired) electrons. The van der Waals surface area contributed by atoms with E-state index >= 15 is 0 Å². The number of benzene rings is 3. The van der Waals surface area contributed by atoms with Crippen LogP contribution < -0.4 is 9.46 Å². The monoisotopic (exact) mass is 453 g/mol. The molecule has 0 amide bonds. The number of carboxylic acids is 1. The summed E-state index contributed by atoms with van der Waals surface area (Å²) in [7, 11) is -2.21. The van der Waals surface area contributed by atoms with Gasteiger partial charge in [-0.1, -0.05) is 24.3 Å². The molecule has 0 aliphatic rings. The highest BCUT2D eigenvalue weighted by Gasteiger charge is 2.23. The third-order valence-corrected chi connectivity index (χ3v) is 7.22. The van der Waals surface area contributed by atoms with Crippen molar-refractivity contribution in [1.82, 2.24) is 0 Å². The van der Waals surface area contributed by atoms with Gasteiger partial charge in [0.15, 0.2) is 0 Å². The smallest absolute Gasteiger partial charge is 0.335 e. The van der Waals surface area contributed by atoms with Gasteiger partial charge in [-0.3, -0.25) is 4.72 Å². The van der Waals surface area contributed by atoms with Crippen molar-refractivity contribution in [3.05, 3.63) is 88.0 Å². The zero-order valence-electron chi connectivity index (χ0n) is 18.6. The molecule has 0 heterocycles. The van der Waals surface area contributed by atoms with Gasteiger partial charge in [0.2, 0.25) is 0 Å². The predicted molar refractivity (Wildman–Crippen MR) is 125 cm³/mol. The maximum absolute atomic E-state index is 13.2. The summed E-state index contributed by atoms with van der Waals surface area (Å²) in [6.07, 6.45) is 1.41. The molecule has 0 spiro atoms. The average molecular weight is 454 g/mol. The van der Waals surface area contributed by atoms with E-state index in [1.807, 2.05) is 25.1 Å². The van der Waals surface area contributed by atoms with E-state index < -0.39 is 16.0 Å². The molecule has 3 aromatic rings. The maximum Gasteiger partial charge on any atom is 0.335 e. The molecule has 0 aliphatic heterocycles. The first-order valence-corrected chi connectivity index (χ1v) is 11.7. The lowest BCUT2D eigenvalue weighted by molar-refractivity contribution is 0.0697. The van der Waals surface area contributed by atoms with Gasteiger partial charge in [-0.25, -0.2) is 13.2 Å². The van der Waals surface area contributed by atoms with Gasteiger partial charge in [0.25, 0.3) is 10.0 Å². The Hall–Kier alpha value is -3.32. The van der Waals surface area contributed by atoms with Crippen molar-refractivity contribution in [2.75, 3.05) is 11.8 Å². The fourth-order valence-corrected chi connectivity index (χ4v) is 5.32. The Balaban J connectivity index is 1.78. The first kappa shape index (κ1) is 23.3. The number of aromatic carboxylic acids is 1.